The van der Waals surface area contributed by atoms with Crippen LogP contribution in [0, 0.1) is 0 Å². The van der Waals surface area contributed by atoms with E-state index in [2.05, 4.69) is 16.2 Å². The average molecular weight is 435 g/mol. The Bertz CT molecular complexity index is 945. The number of rotatable bonds is 4. The van der Waals surface area contributed by atoms with E-state index < -0.39 is 17.8 Å². The highest BCUT2D eigenvalue weighted by Gasteiger charge is 2.32. The number of hydrogen-bond acceptors (Lipinski definition) is 8. The molecule has 2 amide bonds. The summed E-state index contributed by atoms with van der Waals surface area (Å²) in [6.45, 7) is 2.35. The molecule has 0 fully saturated rings. The summed E-state index contributed by atoms with van der Waals surface area (Å²) >= 11 is 5.92. The van der Waals surface area contributed by atoms with Gasteiger partial charge in [0.1, 0.15) is 18.1 Å². The number of ether oxygens (including phenoxy) is 3. The molecule has 0 spiro atoms. The molecule has 0 saturated heterocycles. The fourth-order valence-electron chi connectivity index (χ4n) is 2.40. The first-order valence-corrected chi connectivity index (χ1v) is 9.80. The summed E-state index contributed by atoms with van der Waals surface area (Å²) in [5.74, 6) is -1.29. The van der Waals surface area contributed by atoms with Gasteiger partial charge in [0.15, 0.2) is 21.5 Å². The SMILES string of the molecule is CCOC(=O)c1sc(C(=O)NC(=S)NNC(=O)c2ccccc2)c2c1OCCO2. The predicted octanol–water partition coefficient (Wildman–Crippen LogP) is 1.65. The van der Waals surface area contributed by atoms with E-state index in [0.29, 0.717) is 5.56 Å². The van der Waals surface area contributed by atoms with Crippen LogP contribution in [0.25, 0.3) is 0 Å². The Morgan fingerprint density at radius 3 is 2.34 bits per heavy atom. The van der Waals surface area contributed by atoms with E-state index in [1.54, 1.807) is 37.3 Å². The van der Waals surface area contributed by atoms with Gasteiger partial charge in [-0.25, -0.2) is 4.79 Å². The zero-order chi connectivity index (χ0) is 20.8. The lowest BCUT2D eigenvalue weighted by Gasteiger charge is -2.17. The second kappa shape index (κ2) is 9.34. The van der Waals surface area contributed by atoms with Gasteiger partial charge in [0.05, 0.1) is 6.61 Å². The minimum atomic E-state index is -0.612. The Hall–Kier alpha value is -3.18. The molecular formula is C18H17N3O6S2. The molecule has 0 saturated carbocycles. The Labute approximate surface area is 175 Å². The zero-order valence-electron chi connectivity index (χ0n) is 15.3. The largest absolute Gasteiger partial charge is 0.484 e. The molecule has 29 heavy (non-hydrogen) atoms. The summed E-state index contributed by atoms with van der Waals surface area (Å²) in [7, 11) is 0. The lowest BCUT2D eigenvalue weighted by molar-refractivity contribution is 0.0523. The van der Waals surface area contributed by atoms with Crippen molar-refractivity contribution < 1.29 is 28.6 Å². The van der Waals surface area contributed by atoms with Gasteiger partial charge in [0, 0.05) is 5.56 Å². The molecule has 0 unspecified atom stereocenters. The van der Waals surface area contributed by atoms with Crippen molar-refractivity contribution in [1.82, 2.24) is 16.2 Å². The Morgan fingerprint density at radius 2 is 1.69 bits per heavy atom. The highest BCUT2D eigenvalue weighted by Crippen LogP contribution is 2.44. The van der Waals surface area contributed by atoms with Crippen molar-refractivity contribution in [2.45, 2.75) is 6.92 Å². The number of nitrogens with one attached hydrogen (secondary N) is 3. The van der Waals surface area contributed by atoms with Crippen molar-refractivity contribution in [3.8, 4) is 11.5 Å². The minimum absolute atomic E-state index is 0.112. The molecular weight excluding hydrogens is 418 g/mol. The van der Waals surface area contributed by atoms with Crippen LogP contribution in [0.3, 0.4) is 0 Å². The first-order chi connectivity index (χ1) is 14.0. The van der Waals surface area contributed by atoms with E-state index in [4.69, 9.17) is 26.4 Å². The molecule has 0 bridgehead atoms. The Balaban J connectivity index is 1.66. The molecule has 11 heteroatoms. The van der Waals surface area contributed by atoms with Crippen molar-refractivity contribution in [2.24, 2.45) is 0 Å². The lowest BCUT2D eigenvalue weighted by Crippen LogP contribution is -2.48. The van der Waals surface area contributed by atoms with Crippen LogP contribution in [0.4, 0.5) is 0 Å². The zero-order valence-corrected chi connectivity index (χ0v) is 16.9. The van der Waals surface area contributed by atoms with Crippen molar-refractivity contribution in [3.63, 3.8) is 0 Å². The average Bonchev–Trinajstić information content (AvgIpc) is 3.13. The molecule has 0 atom stereocenters. The minimum Gasteiger partial charge on any atom is -0.484 e. The number of hydrogen-bond donors (Lipinski definition) is 3. The van der Waals surface area contributed by atoms with E-state index in [-0.39, 0.29) is 46.2 Å². The van der Waals surface area contributed by atoms with E-state index in [9.17, 15) is 14.4 Å². The smallest absolute Gasteiger partial charge is 0.352 e. The maximum Gasteiger partial charge on any atom is 0.352 e. The molecule has 0 radical (unpaired) electrons. The standard InChI is InChI=1S/C18H17N3O6S2/c1-2-25-17(24)14-12-11(26-8-9-27-12)13(29-14)16(23)19-18(28)21-20-15(22)10-6-4-3-5-7-10/h3-7H,2,8-9H2,1H3,(H,20,22)(H2,19,21,23,28). The molecule has 2 aromatic rings. The molecule has 9 nitrogen and oxygen atoms in total. The number of carbonyl (C=O) groups is 3. The first kappa shape index (κ1) is 20.6. The van der Waals surface area contributed by atoms with E-state index in [1.165, 1.54) is 0 Å². The normalized spacial score (nSPS) is 11.9. The van der Waals surface area contributed by atoms with Gasteiger partial charge in [0.2, 0.25) is 0 Å². The molecule has 3 rings (SSSR count). The van der Waals surface area contributed by atoms with E-state index >= 15 is 0 Å². The van der Waals surface area contributed by atoms with E-state index in [0.717, 1.165) is 11.3 Å². The van der Waals surface area contributed by atoms with Crippen LogP contribution in [0.2, 0.25) is 0 Å². The Morgan fingerprint density at radius 1 is 1.03 bits per heavy atom. The predicted molar refractivity (Wildman–Crippen MR) is 108 cm³/mol. The van der Waals surface area contributed by atoms with Gasteiger partial charge in [-0.05, 0) is 31.3 Å². The van der Waals surface area contributed by atoms with Gasteiger partial charge in [-0.1, -0.05) is 18.2 Å². The van der Waals surface area contributed by atoms with Crippen molar-refractivity contribution in [1.29, 1.82) is 0 Å². The molecule has 1 aromatic heterocycles. The van der Waals surface area contributed by atoms with Gasteiger partial charge in [0.25, 0.3) is 11.8 Å². The van der Waals surface area contributed by atoms with Gasteiger partial charge >= 0.3 is 5.97 Å². The summed E-state index contributed by atoms with van der Waals surface area (Å²) < 4.78 is 16.0. The topological polar surface area (TPSA) is 115 Å². The summed E-state index contributed by atoms with van der Waals surface area (Å²) in [6, 6.07) is 8.49. The van der Waals surface area contributed by atoms with Crippen molar-refractivity contribution in [3.05, 3.63) is 45.6 Å². The number of carbonyl (C=O) groups excluding carboxylic acids is 3. The molecule has 3 N–H and O–H groups in total. The van der Waals surface area contributed by atoms with Gasteiger partial charge in [-0.15, -0.1) is 11.3 Å². The molecule has 0 aliphatic carbocycles. The maximum absolute atomic E-state index is 12.6. The summed E-state index contributed by atoms with van der Waals surface area (Å²) in [5, 5.41) is 2.30. The van der Waals surface area contributed by atoms with Crippen molar-refractivity contribution in [2.75, 3.05) is 19.8 Å². The quantitative estimate of drug-likeness (QED) is 0.377. The second-order valence-electron chi connectivity index (χ2n) is 5.56. The first-order valence-electron chi connectivity index (χ1n) is 8.57. The second-order valence-corrected chi connectivity index (χ2v) is 6.99. The molecule has 152 valence electrons. The van der Waals surface area contributed by atoms with Crippen LogP contribution >= 0.6 is 23.6 Å². The van der Waals surface area contributed by atoms with Gasteiger partial charge in [-0.3, -0.25) is 25.8 Å². The van der Waals surface area contributed by atoms with Gasteiger partial charge < -0.3 is 14.2 Å². The molecule has 1 aliphatic rings. The lowest BCUT2D eigenvalue weighted by atomic mass is 10.2. The molecule has 1 aromatic carbocycles. The number of esters is 1. The highest BCUT2D eigenvalue weighted by atomic mass is 32.1. The summed E-state index contributed by atoms with van der Waals surface area (Å²) in [4.78, 5) is 37.0. The number of benzene rings is 1. The Kier molecular flexibility index (Phi) is 6.62. The van der Waals surface area contributed by atoms with E-state index in [1.807, 2.05) is 0 Å². The number of hydrazine groups is 1. The number of fused-ring (bicyclic) bond motifs is 1. The number of thiocarbonyl (C=S) groups is 1. The summed E-state index contributed by atoms with van der Waals surface area (Å²) in [5.41, 5.74) is 5.26. The van der Waals surface area contributed by atoms with Crippen LogP contribution in [0.15, 0.2) is 30.3 Å². The van der Waals surface area contributed by atoms with Crippen LogP contribution in [-0.4, -0.2) is 42.7 Å². The maximum atomic E-state index is 12.6. The van der Waals surface area contributed by atoms with Crippen molar-refractivity contribution >= 4 is 46.5 Å². The number of thiophene rings is 1. The molecule has 2 heterocycles. The summed E-state index contributed by atoms with van der Waals surface area (Å²) in [6.07, 6.45) is 0. The number of amides is 2. The fourth-order valence-corrected chi connectivity index (χ4v) is 3.52. The highest BCUT2D eigenvalue weighted by molar-refractivity contribution is 7.80. The molecule has 1 aliphatic heterocycles. The third-order valence-electron chi connectivity index (χ3n) is 3.62. The monoisotopic (exact) mass is 435 g/mol. The third-order valence-corrected chi connectivity index (χ3v) is 4.95. The van der Waals surface area contributed by atoms with Crippen LogP contribution in [0.5, 0.6) is 11.5 Å². The third kappa shape index (κ3) is 4.81. The fraction of sp³-hybridized carbons (Fsp3) is 0.222. The van der Waals surface area contributed by atoms with Gasteiger partial charge in [-0.2, -0.15) is 0 Å². The van der Waals surface area contributed by atoms with Crippen LogP contribution in [-0.2, 0) is 4.74 Å². The van der Waals surface area contributed by atoms with Crippen LogP contribution < -0.4 is 25.6 Å². The van der Waals surface area contributed by atoms with Crippen LogP contribution in [0.1, 0.15) is 36.6 Å².